The van der Waals surface area contributed by atoms with E-state index in [1.54, 1.807) is 18.2 Å². The maximum Gasteiger partial charge on any atom is 0.263 e. The van der Waals surface area contributed by atoms with Crippen molar-refractivity contribution >= 4 is 41.7 Å². The van der Waals surface area contributed by atoms with Crippen molar-refractivity contribution in [3.8, 4) is 0 Å². The fourth-order valence-corrected chi connectivity index (χ4v) is 4.16. The Bertz CT molecular complexity index is 862. The molecule has 112 valence electrons. The van der Waals surface area contributed by atoms with Crippen LogP contribution in [0.5, 0.6) is 0 Å². The van der Waals surface area contributed by atoms with E-state index >= 15 is 0 Å². The average Bonchev–Trinajstić information content (AvgIpc) is 2.38. The minimum Gasteiger partial charge on any atom is -0.280 e. The van der Waals surface area contributed by atoms with E-state index in [0.717, 1.165) is 0 Å². The summed E-state index contributed by atoms with van der Waals surface area (Å²) in [6, 6.07) is 11.5. The molecule has 0 aromatic heterocycles. The molecule has 2 rings (SSSR count). The van der Waals surface area contributed by atoms with Crippen LogP contribution in [-0.4, -0.2) is 16.8 Å². The van der Waals surface area contributed by atoms with Crippen molar-refractivity contribution in [2.75, 3.05) is 4.72 Å². The standard InChI is InChI=1S/C12H11BrN2O4S2/c13-11-3-1-2-4-12(11)21(18,19)15-9-5-7-10(8-6-9)20(14,16)17/h1-8,15H,(H2,14,16,17). The Morgan fingerprint density at radius 3 is 2.00 bits per heavy atom. The highest BCUT2D eigenvalue weighted by Gasteiger charge is 2.17. The van der Waals surface area contributed by atoms with Crippen LogP contribution in [0.3, 0.4) is 0 Å². The molecular weight excluding hydrogens is 380 g/mol. The summed E-state index contributed by atoms with van der Waals surface area (Å²) in [4.78, 5) is -0.00753. The number of primary sulfonamides is 1. The quantitative estimate of drug-likeness (QED) is 0.830. The van der Waals surface area contributed by atoms with E-state index in [9.17, 15) is 16.8 Å². The lowest BCUT2D eigenvalue weighted by Gasteiger charge is -2.09. The van der Waals surface area contributed by atoms with Crippen molar-refractivity contribution in [1.29, 1.82) is 0 Å². The summed E-state index contributed by atoms with van der Waals surface area (Å²) in [5.41, 5.74) is 0.234. The molecule has 0 spiro atoms. The van der Waals surface area contributed by atoms with Gasteiger partial charge in [0, 0.05) is 10.2 Å². The summed E-state index contributed by atoms with van der Waals surface area (Å²) in [6.07, 6.45) is 0. The topological polar surface area (TPSA) is 106 Å². The van der Waals surface area contributed by atoms with Crippen LogP contribution >= 0.6 is 15.9 Å². The summed E-state index contributed by atoms with van der Waals surface area (Å²) >= 11 is 3.17. The molecule has 3 N–H and O–H groups in total. The molecule has 6 nitrogen and oxygen atoms in total. The zero-order valence-electron chi connectivity index (χ0n) is 10.5. The van der Waals surface area contributed by atoms with Gasteiger partial charge in [-0.2, -0.15) is 0 Å². The van der Waals surface area contributed by atoms with Crippen LogP contribution in [-0.2, 0) is 20.0 Å². The van der Waals surface area contributed by atoms with E-state index in [1.807, 2.05) is 0 Å². The molecule has 0 aliphatic carbocycles. The molecule has 0 amide bonds. The third kappa shape index (κ3) is 3.82. The monoisotopic (exact) mass is 390 g/mol. The molecule has 0 atom stereocenters. The maximum atomic E-state index is 12.2. The van der Waals surface area contributed by atoms with E-state index in [-0.39, 0.29) is 15.5 Å². The third-order valence-electron chi connectivity index (χ3n) is 2.56. The molecule has 0 fully saturated rings. The summed E-state index contributed by atoms with van der Waals surface area (Å²) in [5.74, 6) is 0. The number of anilines is 1. The fourth-order valence-electron chi connectivity index (χ4n) is 1.59. The minimum atomic E-state index is -3.81. The molecule has 0 aliphatic heterocycles. The molecule has 0 saturated heterocycles. The fraction of sp³-hybridized carbons (Fsp3) is 0. The van der Waals surface area contributed by atoms with Gasteiger partial charge < -0.3 is 0 Å². The van der Waals surface area contributed by atoms with Crippen molar-refractivity contribution < 1.29 is 16.8 Å². The summed E-state index contributed by atoms with van der Waals surface area (Å²) in [5, 5.41) is 4.97. The Labute approximate surface area is 131 Å². The molecule has 2 aromatic carbocycles. The number of sulfonamides is 2. The summed E-state index contributed by atoms with van der Waals surface area (Å²) in [7, 11) is -7.58. The van der Waals surface area contributed by atoms with Crippen LogP contribution in [0.2, 0.25) is 0 Å². The van der Waals surface area contributed by atoms with Gasteiger partial charge in [-0.05, 0) is 52.3 Å². The first-order valence-corrected chi connectivity index (χ1v) is 9.42. The Hall–Kier alpha value is -1.42. The van der Waals surface area contributed by atoms with Crippen molar-refractivity contribution in [3.63, 3.8) is 0 Å². The predicted octanol–water partition coefficient (Wildman–Crippen LogP) is 1.90. The number of nitrogens with two attached hydrogens (primary N) is 1. The lowest BCUT2D eigenvalue weighted by Crippen LogP contribution is -2.14. The second kappa shape index (κ2) is 5.76. The van der Waals surface area contributed by atoms with Crippen molar-refractivity contribution in [1.82, 2.24) is 0 Å². The van der Waals surface area contributed by atoms with E-state index in [4.69, 9.17) is 5.14 Å². The van der Waals surface area contributed by atoms with Gasteiger partial charge in [0.05, 0.1) is 4.90 Å². The number of hydrogen-bond donors (Lipinski definition) is 2. The molecule has 0 bridgehead atoms. The molecular formula is C12H11BrN2O4S2. The maximum absolute atomic E-state index is 12.2. The Balaban J connectivity index is 2.32. The molecule has 21 heavy (non-hydrogen) atoms. The van der Waals surface area contributed by atoms with Gasteiger partial charge in [0.15, 0.2) is 0 Å². The summed E-state index contributed by atoms with van der Waals surface area (Å²) < 4.78 is 49.5. The zero-order valence-corrected chi connectivity index (χ0v) is 13.7. The second-order valence-electron chi connectivity index (χ2n) is 4.11. The van der Waals surface area contributed by atoms with Crippen molar-refractivity contribution in [3.05, 3.63) is 53.0 Å². The smallest absolute Gasteiger partial charge is 0.263 e. The number of rotatable bonds is 4. The number of benzene rings is 2. The van der Waals surface area contributed by atoms with Crippen LogP contribution in [0.25, 0.3) is 0 Å². The van der Waals surface area contributed by atoms with E-state index < -0.39 is 20.0 Å². The Morgan fingerprint density at radius 1 is 0.905 bits per heavy atom. The van der Waals surface area contributed by atoms with Gasteiger partial charge in [-0.3, -0.25) is 4.72 Å². The van der Waals surface area contributed by atoms with Crippen molar-refractivity contribution in [2.24, 2.45) is 5.14 Å². The van der Waals surface area contributed by atoms with E-state index in [2.05, 4.69) is 20.7 Å². The molecule has 0 aliphatic rings. The second-order valence-corrected chi connectivity index (χ2v) is 8.17. The van der Waals surface area contributed by atoms with Gasteiger partial charge in [-0.15, -0.1) is 0 Å². The highest BCUT2D eigenvalue weighted by atomic mass is 79.9. The molecule has 0 radical (unpaired) electrons. The normalized spacial score (nSPS) is 12.1. The predicted molar refractivity (Wildman–Crippen MR) is 82.8 cm³/mol. The van der Waals surface area contributed by atoms with Crippen LogP contribution in [0.1, 0.15) is 0 Å². The van der Waals surface area contributed by atoms with E-state index in [1.165, 1.54) is 30.3 Å². The Morgan fingerprint density at radius 2 is 1.48 bits per heavy atom. The van der Waals surface area contributed by atoms with Gasteiger partial charge >= 0.3 is 0 Å². The largest absolute Gasteiger partial charge is 0.280 e. The van der Waals surface area contributed by atoms with Crippen LogP contribution in [0.15, 0.2) is 62.8 Å². The molecule has 2 aromatic rings. The molecule has 9 heteroatoms. The van der Waals surface area contributed by atoms with Crippen LogP contribution in [0, 0.1) is 0 Å². The number of nitrogens with one attached hydrogen (secondary N) is 1. The van der Waals surface area contributed by atoms with Crippen LogP contribution in [0.4, 0.5) is 5.69 Å². The van der Waals surface area contributed by atoms with Gasteiger partial charge in [0.2, 0.25) is 10.0 Å². The van der Waals surface area contributed by atoms with Gasteiger partial charge in [-0.25, -0.2) is 22.0 Å². The SMILES string of the molecule is NS(=O)(=O)c1ccc(NS(=O)(=O)c2ccccc2Br)cc1. The molecule has 0 saturated carbocycles. The summed E-state index contributed by atoms with van der Waals surface area (Å²) in [6.45, 7) is 0. The number of hydrogen-bond acceptors (Lipinski definition) is 4. The average molecular weight is 391 g/mol. The van der Waals surface area contributed by atoms with Gasteiger partial charge in [-0.1, -0.05) is 12.1 Å². The van der Waals surface area contributed by atoms with Crippen LogP contribution < -0.4 is 9.86 Å². The lowest BCUT2D eigenvalue weighted by molar-refractivity contribution is 0.597. The first-order chi connectivity index (χ1) is 9.70. The highest BCUT2D eigenvalue weighted by molar-refractivity contribution is 9.10. The lowest BCUT2D eigenvalue weighted by atomic mass is 10.3. The zero-order chi connectivity index (χ0) is 15.7. The van der Waals surface area contributed by atoms with E-state index in [0.29, 0.717) is 4.47 Å². The first-order valence-electron chi connectivity index (χ1n) is 5.60. The molecule has 0 heterocycles. The minimum absolute atomic E-state index is 0.0838. The van der Waals surface area contributed by atoms with Gasteiger partial charge in [0.25, 0.3) is 10.0 Å². The van der Waals surface area contributed by atoms with Gasteiger partial charge in [0.1, 0.15) is 4.90 Å². The molecule has 0 unspecified atom stereocenters. The highest BCUT2D eigenvalue weighted by Crippen LogP contribution is 2.24. The first kappa shape index (κ1) is 16.0. The third-order valence-corrected chi connectivity index (χ3v) is 5.88. The number of halogens is 1. The Kier molecular flexibility index (Phi) is 4.38. The van der Waals surface area contributed by atoms with Crippen molar-refractivity contribution in [2.45, 2.75) is 9.79 Å².